The number of halogens is 1. The third-order valence-electron chi connectivity index (χ3n) is 4.82. The van der Waals surface area contributed by atoms with E-state index in [1.165, 1.54) is 11.6 Å². The molecule has 23 heavy (non-hydrogen) atoms. The van der Waals surface area contributed by atoms with E-state index < -0.39 is 6.10 Å². The van der Waals surface area contributed by atoms with Gasteiger partial charge in [-0.05, 0) is 30.6 Å². The van der Waals surface area contributed by atoms with E-state index in [0.29, 0.717) is 6.54 Å². The van der Waals surface area contributed by atoms with Crippen molar-refractivity contribution in [2.24, 2.45) is 11.8 Å². The Labute approximate surface area is 136 Å². The highest BCUT2D eigenvalue weighted by molar-refractivity contribution is 5.23. The van der Waals surface area contributed by atoms with Crippen LogP contribution >= 0.6 is 0 Å². The highest BCUT2D eigenvalue weighted by Crippen LogP contribution is 2.40. The van der Waals surface area contributed by atoms with Crippen molar-refractivity contribution in [3.8, 4) is 0 Å². The lowest BCUT2D eigenvalue weighted by atomic mass is 9.81. The molecular formula is C19H24FNO2. The molecule has 1 heterocycles. The Bertz CT molecular complexity index is 584. The van der Waals surface area contributed by atoms with Crippen molar-refractivity contribution in [1.29, 1.82) is 0 Å². The van der Waals surface area contributed by atoms with E-state index in [1.807, 2.05) is 25.1 Å². The van der Waals surface area contributed by atoms with Crippen LogP contribution in [0.25, 0.3) is 0 Å². The summed E-state index contributed by atoms with van der Waals surface area (Å²) in [6.07, 6.45) is 4.03. The van der Waals surface area contributed by atoms with Crippen molar-refractivity contribution in [2.75, 3.05) is 6.54 Å². The summed E-state index contributed by atoms with van der Waals surface area (Å²) in [4.78, 5) is 0. The molecule has 2 N–H and O–H groups in total. The number of hydrogen-bond donors (Lipinski definition) is 2. The van der Waals surface area contributed by atoms with E-state index >= 15 is 0 Å². The number of ether oxygens (including phenoxy) is 1. The number of aliphatic hydroxyl groups is 1. The Hall–Kier alpha value is -1.65. The molecule has 3 nitrogen and oxygen atoms in total. The molecule has 1 aliphatic heterocycles. The minimum atomic E-state index is -0.563. The van der Waals surface area contributed by atoms with Crippen LogP contribution in [0.4, 0.5) is 4.39 Å². The number of nitrogens with one attached hydrogen (secondary N) is 1. The maximum Gasteiger partial charge on any atom is 0.125 e. The van der Waals surface area contributed by atoms with Crippen molar-refractivity contribution in [2.45, 2.75) is 38.5 Å². The molecule has 3 unspecified atom stereocenters. The third-order valence-corrected chi connectivity index (χ3v) is 4.82. The summed E-state index contributed by atoms with van der Waals surface area (Å²) in [5, 5.41) is 13.6. The molecule has 0 spiro atoms. The lowest BCUT2D eigenvalue weighted by Gasteiger charge is -2.38. The normalized spacial score (nSPS) is 28.2. The molecule has 4 atom stereocenters. The zero-order valence-electron chi connectivity index (χ0n) is 13.4. The van der Waals surface area contributed by atoms with Gasteiger partial charge in [0, 0.05) is 24.9 Å². The zero-order valence-corrected chi connectivity index (χ0v) is 13.4. The van der Waals surface area contributed by atoms with Crippen molar-refractivity contribution in [3.63, 3.8) is 0 Å². The average Bonchev–Trinajstić information content (AvgIpc) is 2.59. The minimum Gasteiger partial charge on any atom is -0.492 e. The smallest absolute Gasteiger partial charge is 0.125 e. The van der Waals surface area contributed by atoms with Gasteiger partial charge in [-0.25, -0.2) is 4.39 Å². The topological polar surface area (TPSA) is 41.5 Å². The van der Waals surface area contributed by atoms with Gasteiger partial charge in [0.25, 0.3) is 0 Å². The number of fused-ring (bicyclic) bond motifs is 1. The first kappa shape index (κ1) is 16.2. The van der Waals surface area contributed by atoms with Crippen molar-refractivity contribution < 1.29 is 14.2 Å². The fraction of sp³-hybridized carbons (Fsp3) is 0.474. The molecule has 1 fully saturated rings. The monoisotopic (exact) mass is 317 g/mol. The van der Waals surface area contributed by atoms with Crippen LogP contribution in [-0.2, 0) is 11.3 Å². The standard InChI is InChI=1S/C19H24FNO2/c1-13-15-7-9-19(23-18(15)10-8-16(13)20)17(22)12-21-11-14-5-3-2-4-6-14/h2-6,8,10,13,15,17,19,21-22H,7,9,11-12H2,1H3/t13?,15?,17?,19-/m0/s1. The second-order valence-corrected chi connectivity index (χ2v) is 6.43. The largest absolute Gasteiger partial charge is 0.492 e. The fourth-order valence-corrected chi connectivity index (χ4v) is 3.33. The van der Waals surface area contributed by atoms with E-state index in [4.69, 9.17) is 4.74 Å². The second-order valence-electron chi connectivity index (χ2n) is 6.43. The third kappa shape index (κ3) is 3.82. The maximum atomic E-state index is 13.6. The Morgan fingerprint density at radius 3 is 2.83 bits per heavy atom. The fourth-order valence-electron chi connectivity index (χ4n) is 3.33. The molecule has 0 aromatic heterocycles. The molecule has 1 aromatic carbocycles. The predicted octanol–water partition coefficient (Wildman–Crippen LogP) is 3.32. The van der Waals surface area contributed by atoms with Gasteiger partial charge in [-0.1, -0.05) is 37.3 Å². The van der Waals surface area contributed by atoms with Crippen molar-refractivity contribution in [1.82, 2.24) is 5.32 Å². The van der Waals surface area contributed by atoms with E-state index in [0.717, 1.165) is 25.1 Å². The number of rotatable bonds is 5. The van der Waals surface area contributed by atoms with Gasteiger partial charge in [0.1, 0.15) is 23.8 Å². The molecule has 1 saturated heterocycles. The van der Waals surface area contributed by atoms with Crippen molar-refractivity contribution in [3.05, 3.63) is 59.6 Å². The molecule has 3 rings (SSSR count). The van der Waals surface area contributed by atoms with Crippen LogP contribution in [0, 0.1) is 11.8 Å². The predicted molar refractivity (Wildman–Crippen MR) is 88.2 cm³/mol. The summed E-state index contributed by atoms with van der Waals surface area (Å²) >= 11 is 0. The molecule has 124 valence electrons. The zero-order chi connectivity index (χ0) is 16.2. The highest BCUT2D eigenvalue weighted by atomic mass is 19.1. The van der Waals surface area contributed by atoms with E-state index in [-0.39, 0.29) is 23.8 Å². The van der Waals surface area contributed by atoms with Gasteiger partial charge >= 0.3 is 0 Å². The average molecular weight is 317 g/mol. The van der Waals surface area contributed by atoms with E-state index in [9.17, 15) is 9.50 Å². The second kappa shape index (κ2) is 7.28. The van der Waals surface area contributed by atoms with Crippen LogP contribution in [0.15, 0.2) is 54.1 Å². The summed E-state index contributed by atoms with van der Waals surface area (Å²) in [7, 11) is 0. The number of aliphatic hydroxyl groups excluding tert-OH is 1. The molecule has 0 bridgehead atoms. The van der Waals surface area contributed by atoms with Gasteiger partial charge in [0.05, 0.1) is 0 Å². The van der Waals surface area contributed by atoms with Gasteiger partial charge < -0.3 is 15.2 Å². The molecule has 4 heteroatoms. The van der Waals surface area contributed by atoms with E-state index in [2.05, 4.69) is 17.4 Å². The first-order valence-electron chi connectivity index (χ1n) is 8.32. The highest BCUT2D eigenvalue weighted by Gasteiger charge is 2.36. The van der Waals surface area contributed by atoms with Crippen LogP contribution in [0.5, 0.6) is 0 Å². The lowest BCUT2D eigenvalue weighted by Crippen LogP contribution is -2.41. The summed E-state index contributed by atoms with van der Waals surface area (Å²) in [6, 6.07) is 10.1. The van der Waals surface area contributed by atoms with Crippen LogP contribution in [0.2, 0.25) is 0 Å². The Morgan fingerprint density at radius 2 is 2.04 bits per heavy atom. The van der Waals surface area contributed by atoms with Crippen molar-refractivity contribution >= 4 is 0 Å². The Balaban J connectivity index is 1.50. The van der Waals surface area contributed by atoms with Crippen LogP contribution < -0.4 is 5.32 Å². The molecule has 1 aromatic rings. The molecule has 2 aliphatic rings. The number of hydrogen-bond acceptors (Lipinski definition) is 3. The van der Waals surface area contributed by atoms with Crippen LogP contribution in [-0.4, -0.2) is 23.9 Å². The molecule has 0 saturated carbocycles. The first-order valence-corrected chi connectivity index (χ1v) is 8.32. The molecule has 1 aliphatic carbocycles. The first-order chi connectivity index (χ1) is 11.1. The van der Waals surface area contributed by atoms with Crippen LogP contribution in [0.1, 0.15) is 25.3 Å². The van der Waals surface area contributed by atoms with Crippen LogP contribution in [0.3, 0.4) is 0 Å². The summed E-state index contributed by atoms with van der Waals surface area (Å²) in [5.41, 5.74) is 1.19. The lowest BCUT2D eigenvalue weighted by molar-refractivity contribution is -0.0468. The van der Waals surface area contributed by atoms with Gasteiger partial charge in [-0.2, -0.15) is 0 Å². The van der Waals surface area contributed by atoms with Gasteiger partial charge in [-0.3, -0.25) is 0 Å². The summed E-state index contributed by atoms with van der Waals surface area (Å²) in [5.74, 6) is 0.730. The van der Waals surface area contributed by atoms with Gasteiger partial charge in [-0.15, -0.1) is 0 Å². The van der Waals surface area contributed by atoms with Gasteiger partial charge in [0.15, 0.2) is 0 Å². The molecule has 0 radical (unpaired) electrons. The van der Waals surface area contributed by atoms with E-state index in [1.54, 1.807) is 6.08 Å². The summed E-state index contributed by atoms with van der Waals surface area (Å²) in [6.45, 7) is 3.10. The quantitative estimate of drug-likeness (QED) is 0.875. The Morgan fingerprint density at radius 1 is 1.26 bits per heavy atom. The molecular weight excluding hydrogens is 293 g/mol. The number of benzene rings is 1. The minimum absolute atomic E-state index is 0.0779. The Kier molecular flexibility index (Phi) is 5.13. The maximum absolute atomic E-state index is 13.6. The van der Waals surface area contributed by atoms with Gasteiger partial charge in [0.2, 0.25) is 0 Å². The SMILES string of the molecule is CC1C(F)=CC=C2O[C@H](C(O)CNCc3ccccc3)CCC21. The summed E-state index contributed by atoms with van der Waals surface area (Å²) < 4.78 is 19.6. The number of allylic oxidation sites excluding steroid dienone is 4. The molecule has 0 amide bonds.